The number of halogens is 1. The van der Waals surface area contributed by atoms with E-state index in [1.165, 1.54) is 16.4 Å². The maximum absolute atomic E-state index is 12.6. The van der Waals surface area contributed by atoms with Crippen LogP contribution in [0.25, 0.3) is 0 Å². The van der Waals surface area contributed by atoms with Gasteiger partial charge in [-0.3, -0.25) is 4.79 Å². The summed E-state index contributed by atoms with van der Waals surface area (Å²) in [5.74, 6) is -0.180. The van der Waals surface area contributed by atoms with E-state index >= 15 is 0 Å². The van der Waals surface area contributed by atoms with Gasteiger partial charge in [0.1, 0.15) is 0 Å². The van der Waals surface area contributed by atoms with Gasteiger partial charge in [-0.15, -0.1) is 0 Å². The van der Waals surface area contributed by atoms with Gasteiger partial charge in [0, 0.05) is 37.3 Å². The van der Waals surface area contributed by atoms with Gasteiger partial charge < -0.3 is 9.64 Å². The standard InChI is InChI=1S/C19H21ClN2O4S/c1-21(14-15-2-6-17(20)7-3-15)19(23)16-4-8-18(9-5-16)27(24,25)22-10-12-26-13-11-22/h2-9H,10-14H2,1H3. The van der Waals surface area contributed by atoms with Crippen molar-refractivity contribution in [3.8, 4) is 0 Å². The number of amides is 1. The van der Waals surface area contributed by atoms with Crippen molar-refractivity contribution in [3.05, 3.63) is 64.7 Å². The molecule has 0 aliphatic carbocycles. The molecule has 3 rings (SSSR count). The number of sulfonamides is 1. The van der Waals surface area contributed by atoms with Crippen molar-refractivity contribution < 1.29 is 17.9 Å². The molecule has 0 spiro atoms. The van der Waals surface area contributed by atoms with E-state index in [0.29, 0.717) is 43.4 Å². The number of nitrogens with zero attached hydrogens (tertiary/aromatic N) is 2. The van der Waals surface area contributed by atoms with E-state index in [1.807, 2.05) is 12.1 Å². The molecule has 1 amide bonds. The van der Waals surface area contributed by atoms with Gasteiger partial charge in [0.15, 0.2) is 0 Å². The highest BCUT2D eigenvalue weighted by Gasteiger charge is 2.26. The fourth-order valence-corrected chi connectivity index (χ4v) is 4.40. The highest BCUT2D eigenvalue weighted by atomic mass is 35.5. The van der Waals surface area contributed by atoms with E-state index in [2.05, 4.69) is 0 Å². The van der Waals surface area contributed by atoms with Crippen molar-refractivity contribution in [2.24, 2.45) is 0 Å². The molecule has 1 fully saturated rings. The molecule has 0 atom stereocenters. The molecule has 2 aromatic carbocycles. The van der Waals surface area contributed by atoms with Gasteiger partial charge in [-0.25, -0.2) is 8.42 Å². The van der Waals surface area contributed by atoms with Gasteiger partial charge in [0.25, 0.3) is 5.91 Å². The maximum Gasteiger partial charge on any atom is 0.253 e. The average Bonchev–Trinajstić information content (AvgIpc) is 2.70. The first-order valence-corrected chi connectivity index (χ1v) is 10.4. The van der Waals surface area contributed by atoms with Crippen LogP contribution in [-0.2, 0) is 21.3 Å². The SMILES string of the molecule is CN(Cc1ccc(Cl)cc1)C(=O)c1ccc(S(=O)(=O)N2CCOCC2)cc1. The summed E-state index contributed by atoms with van der Waals surface area (Å²) in [7, 11) is -1.86. The lowest BCUT2D eigenvalue weighted by molar-refractivity contribution is 0.0730. The quantitative estimate of drug-likeness (QED) is 0.762. The van der Waals surface area contributed by atoms with Crippen molar-refractivity contribution in [2.45, 2.75) is 11.4 Å². The van der Waals surface area contributed by atoms with E-state index in [0.717, 1.165) is 5.56 Å². The average molecular weight is 409 g/mol. The molecule has 0 saturated carbocycles. The van der Waals surface area contributed by atoms with Gasteiger partial charge in [0.2, 0.25) is 10.0 Å². The fraction of sp³-hybridized carbons (Fsp3) is 0.316. The van der Waals surface area contributed by atoms with E-state index in [4.69, 9.17) is 16.3 Å². The summed E-state index contributed by atoms with van der Waals surface area (Å²) in [6.45, 7) is 1.90. The summed E-state index contributed by atoms with van der Waals surface area (Å²) in [4.78, 5) is 14.4. The first-order valence-electron chi connectivity index (χ1n) is 8.56. The molecule has 27 heavy (non-hydrogen) atoms. The summed E-state index contributed by atoms with van der Waals surface area (Å²) in [5.41, 5.74) is 1.40. The summed E-state index contributed by atoms with van der Waals surface area (Å²) < 4.78 is 31.9. The van der Waals surface area contributed by atoms with Gasteiger partial charge >= 0.3 is 0 Å². The number of carbonyl (C=O) groups is 1. The maximum atomic E-state index is 12.6. The van der Waals surface area contributed by atoms with Crippen LogP contribution in [0.4, 0.5) is 0 Å². The molecule has 144 valence electrons. The van der Waals surface area contributed by atoms with E-state index in [-0.39, 0.29) is 10.8 Å². The zero-order valence-corrected chi connectivity index (χ0v) is 16.5. The molecule has 1 saturated heterocycles. The summed E-state index contributed by atoms with van der Waals surface area (Å²) in [5, 5.41) is 0.643. The van der Waals surface area contributed by atoms with Crippen LogP contribution in [0, 0.1) is 0 Å². The molecule has 8 heteroatoms. The number of morpholine rings is 1. The minimum absolute atomic E-state index is 0.180. The van der Waals surface area contributed by atoms with Gasteiger partial charge in [-0.2, -0.15) is 4.31 Å². The molecule has 0 N–H and O–H groups in total. The number of ether oxygens (including phenoxy) is 1. The first kappa shape index (κ1) is 19.8. The van der Waals surface area contributed by atoms with E-state index in [9.17, 15) is 13.2 Å². The second-order valence-electron chi connectivity index (χ2n) is 6.33. The third-order valence-electron chi connectivity index (χ3n) is 4.39. The van der Waals surface area contributed by atoms with Crippen LogP contribution in [0.5, 0.6) is 0 Å². The van der Waals surface area contributed by atoms with Gasteiger partial charge in [-0.05, 0) is 42.0 Å². The van der Waals surface area contributed by atoms with E-state index in [1.54, 1.807) is 36.2 Å². The second-order valence-corrected chi connectivity index (χ2v) is 8.70. The Bertz CT molecular complexity index is 892. The Hall–Kier alpha value is -1.93. The number of rotatable bonds is 5. The van der Waals surface area contributed by atoms with Crippen LogP contribution in [0.2, 0.25) is 5.02 Å². The predicted molar refractivity (Wildman–Crippen MR) is 103 cm³/mol. The van der Waals surface area contributed by atoms with Crippen LogP contribution in [-0.4, -0.2) is 56.9 Å². The van der Waals surface area contributed by atoms with Crippen molar-refractivity contribution in [3.63, 3.8) is 0 Å². The smallest absolute Gasteiger partial charge is 0.253 e. The van der Waals surface area contributed by atoms with Crippen molar-refractivity contribution in [1.29, 1.82) is 0 Å². The lowest BCUT2D eigenvalue weighted by Gasteiger charge is -2.26. The number of carbonyl (C=O) groups excluding carboxylic acids is 1. The van der Waals surface area contributed by atoms with Crippen molar-refractivity contribution in [1.82, 2.24) is 9.21 Å². The second kappa shape index (κ2) is 8.39. The molecule has 6 nitrogen and oxygen atoms in total. The molecule has 0 radical (unpaired) electrons. The Balaban J connectivity index is 1.70. The molecule has 0 unspecified atom stereocenters. The highest BCUT2D eigenvalue weighted by Crippen LogP contribution is 2.19. The fourth-order valence-electron chi connectivity index (χ4n) is 2.86. The Kier molecular flexibility index (Phi) is 6.16. The minimum atomic E-state index is -3.56. The van der Waals surface area contributed by atoms with Crippen LogP contribution in [0.1, 0.15) is 15.9 Å². The monoisotopic (exact) mass is 408 g/mol. The molecule has 0 aromatic heterocycles. The summed E-state index contributed by atoms with van der Waals surface area (Å²) in [6.07, 6.45) is 0. The van der Waals surface area contributed by atoms with Gasteiger partial charge in [0.05, 0.1) is 18.1 Å². The Morgan fingerprint density at radius 1 is 1.07 bits per heavy atom. The summed E-state index contributed by atoms with van der Waals surface area (Å²) >= 11 is 5.87. The molecular weight excluding hydrogens is 388 g/mol. The number of benzene rings is 2. The molecule has 1 aliphatic heterocycles. The third kappa shape index (κ3) is 4.68. The van der Waals surface area contributed by atoms with E-state index < -0.39 is 10.0 Å². The molecule has 2 aromatic rings. The normalized spacial score (nSPS) is 15.5. The molecule has 1 aliphatic rings. The van der Waals surface area contributed by atoms with Crippen molar-refractivity contribution in [2.75, 3.05) is 33.4 Å². The van der Waals surface area contributed by atoms with Gasteiger partial charge in [-0.1, -0.05) is 23.7 Å². The Morgan fingerprint density at radius 2 is 1.67 bits per heavy atom. The lowest BCUT2D eigenvalue weighted by Crippen LogP contribution is -2.40. The predicted octanol–water partition coefficient (Wildman–Crippen LogP) is 2.63. The third-order valence-corrected chi connectivity index (χ3v) is 6.55. The molecular formula is C19H21ClN2O4S. The van der Waals surface area contributed by atoms with Crippen LogP contribution in [0.15, 0.2) is 53.4 Å². The zero-order valence-electron chi connectivity index (χ0n) is 15.0. The number of hydrogen-bond donors (Lipinski definition) is 0. The van der Waals surface area contributed by atoms with Crippen LogP contribution in [0.3, 0.4) is 0 Å². The largest absolute Gasteiger partial charge is 0.379 e. The highest BCUT2D eigenvalue weighted by molar-refractivity contribution is 7.89. The lowest BCUT2D eigenvalue weighted by atomic mass is 10.1. The topological polar surface area (TPSA) is 66.9 Å². The Labute approximate surface area is 164 Å². The van der Waals surface area contributed by atoms with Crippen LogP contribution < -0.4 is 0 Å². The molecule has 1 heterocycles. The summed E-state index contributed by atoms with van der Waals surface area (Å²) in [6, 6.07) is 13.3. The number of hydrogen-bond acceptors (Lipinski definition) is 4. The Morgan fingerprint density at radius 3 is 2.26 bits per heavy atom. The zero-order chi connectivity index (χ0) is 19.4. The molecule has 0 bridgehead atoms. The van der Waals surface area contributed by atoms with Crippen molar-refractivity contribution >= 4 is 27.5 Å². The first-order chi connectivity index (χ1) is 12.9. The van der Waals surface area contributed by atoms with Crippen LogP contribution >= 0.6 is 11.6 Å². The minimum Gasteiger partial charge on any atom is -0.379 e.